The van der Waals surface area contributed by atoms with E-state index in [0.717, 1.165) is 31.1 Å². The molecule has 0 fully saturated rings. The molecule has 0 N–H and O–H groups in total. The van der Waals surface area contributed by atoms with Gasteiger partial charge in [0.1, 0.15) is 0 Å². The summed E-state index contributed by atoms with van der Waals surface area (Å²) in [5, 5.41) is 0. The molecular weight excluding hydrogens is 200 g/mol. The van der Waals surface area contributed by atoms with Crippen molar-refractivity contribution in [3.8, 4) is 5.88 Å². The van der Waals surface area contributed by atoms with Crippen LogP contribution in [0.5, 0.6) is 5.88 Å². The molecule has 0 atom stereocenters. The number of hydrogen-bond donors (Lipinski definition) is 0. The fraction of sp³-hybridized carbons (Fsp3) is 0.462. The molecule has 1 aromatic heterocycles. The first-order valence-electron chi connectivity index (χ1n) is 5.77. The van der Waals surface area contributed by atoms with Crippen LogP contribution in [0.15, 0.2) is 24.3 Å². The Labute approximate surface area is 96.7 Å². The quantitative estimate of drug-likeness (QED) is 0.777. The third-order valence-electron chi connectivity index (χ3n) is 2.76. The molecule has 0 spiro atoms. The van der Waals surface area contributed by atoms with Crippen LogP contribution in [0, 0.1) is 0 Å². The van der Waals surface area contributed by atoms with Crippen molar-refractivity contribution in [3.63, 3.8) is 0 Å². The Kier molecular flexibility index (Phi) is 3.57. The number of rotatable bonds is 3. The SMILES string of the molecule is CCOc1cccc(C2=CCN(C)CC2)n1. The summed E-state index contributed by atoms with van der Waals surface area (Å²) in [6.07, 6.45) is 3.32. The van der Waals surface area contributed by atoms with Crippen LogP contribution in [0.3, 0.4) is 0 Å². The minimum Gasteiger partial charge on any atom is -0.478 e. The smallest absolute Gasteiger partial charge is 0.213 e. The molecule has 0 saturated carbocycles. The van der Waals surface area contributed by atoms with Crippen LogP contribution in [-0.2, 0) is 0 Å². The molecule has 3 nitrogen and oxygen atoms in total. The van der Waals surface area contributed by atoms with Gasteiger partial charge in [0.25, 0.3) is 0 Å². The number of ether oxygens (including phenoxy) is 1. The van der Waals surface area contributed by atoms with Crippen molar-refractivity contribution in [1.82, 2.24) is 9.88 Å². The summed E-state index contributed by atoms with van der Waals surface area (Å²) in [6.45, 7) is 4.75. The van der Waals surface area contributed by atoms with Crippen molar-refractivity contribution in [2.75, 3.05) is 26.7 Å². The van der Waals surface area contributed by atoms with Crippen molar-refractivity contribution in [1.29, 1.82) is 0 Å². The van der Waals surface area contributed by atoms with Crippen LogP contribution in [0.4, 0.5) is 0 Å². The first-order chi connectivity index (χ1) is 7.79. The predicted molar refractivity (Wildman–Crippen MR) is 65.5 cm³/mol. The van der Waals surface area contributed by atoms with E-state index in [2.05, 4.69) is 29.1 Å². The molecule has 1 aliphatic heterocycles. The van der Waals surface area contributed by atoms with E-state index in [0.29, 0.717) is 6.61 Å². The summed E-state index contributed by atoms with van der Waals surface area (Å²) in [5.41, 5.74) is 2.39. The van der Waals surface area contributed by atoms with Crippen molar-refractivity contribution in [2.24, 2.45) is 0 Å². The number of nitrogens with zero attached hydrogens (tertiary/aromatic N) is 2. The van der Waals surface area contributed by atoms with Crippen molar-refractivity contribution in [2.45, 2.75) is 13.3 Å². The van der Waals surface area contributed by atoms with Crippen molar-refractivity contribution in [3.05, 3.63) is 30.0 Å². The Hall–Kier alpha value is -1.35. The summed E-state index contributed by atoms with van der Waals surface area (Å²) < 4.78 is 5.41. The third-order valence-corrected chi connectivity index (χ3v) is 2.76. The lowest BCUT2D eigenvalue weighted by molar-refractivity contribution is 0.326. The highest BCUT2D eigenvalue weighted by Gasteiger charge is 2.10. The molecule has 3 heteroatoms. The van der Waals surface area contributed by atoms with Crippen LogP contribution >= 0.6 is 0 Å². The molecule has 0 unspecified atom stereocenters. The van der Waals surface area contributed by atoms with Gasteiger partial charge in [-0.25, -0.2) is 4.98 Å². The largest absolute Gasteiger partial charge is 0.478 e. The fourth-order valence-electron chi connectivity index (χ4n) is 1.83. The van der Waals surface area contributed by atoms with E-state index < -0.39 is 0 Å². The number of likely N-dealkylation sites (N-methyl/N-ethyl adjacent to an activating group) is 1. The summed E-state index contributed by atoms with van der Waals surface area (Å²) >= 11 is 0. The normalized spacial score (nSPS) is 17.0. The minimum absolute atomic E-state index is 0.665. The lowest BCUT2D eigenvalue weighted by Crippen LogP contribution is -2.23. The molecular formula is C13H18N2O. The molecule has 0 amide bonds. The predicted octanol–water partition coefficient (Wildman–Crippen LogP) is 2.20. The first-order valence-corrected chi connectivity index (χ1v) is 5.77. The Bertz CT molecular complexity index is 387. The van der Waals surface area contributed by atoms with Gasteiger partial charge >= 0.3 is 0 Å². The van der Waals surface area contributed by atoms with Gasteiger partial charge in [-0.15, -0.1) is 0 Å². The monoisotopic (exact) mass is 218 g/mol. The second-order valence-electron chi connectivity index (χ2n) is 4.04. The van der Waals surface area contributed by atoms with Crippen LogP contribution in [0.2, 0.25) is 0 Å². The van der Waals surface area contributed by atoms with Crippen molar-refractivity contribution < 1.29 is 4.74 Å². The van der Waals surface area contributed by atoms with Crippen LogP contribution in [0.25, 0.3) is 5.57 Å². The van der Waals surface area contributed by atoms with Crippen LogP contribution in [0.1, 0.15) is 19.0 Å². The van der Waals surface area contributed by atoms with Crippen molar-refractivity contribution >= 4 is 5.57 Å². The summed E-state index contributed by atoms with van der Waals surface area (Å²) in [6, 6.07) is 5.97. The Morgan fingerprint density at radius 1 is 1.44 bits per heavy atom. The average Bonchev–Trinajstić information content (AvgIpc) is 2.31. The van der Waals surface area contributed by atoms with E-state index in [-0.39, 0.29) is 0 Å². The van der Waals surface area contributed by atoms with Gasteiger partial charge in [0.15, 0.2) is 0 Å². The molecule has 0 aromatic carbocycles. The van der Waals surface area contributed by atoms with Gasteiger partial charge < -0.3 is 9.64 Å². The van der Waals surface area contributed by atoms with Gasteiger partial charge in [-0.3, -0.25) is 0 Å². The Morgan fingerprint density at radius 2 is 2.31 bits per heavy atom. The second-order valence-corrected chi connectivity index (χ2v) is 4.04. The molecule has 16 heavy (non-hydrogen) atoms. The van der Waals surface area contributed by atoms with Gasteiger partial charge in [-0.2, -0.15) is 0 Å². The lowest BCUT2D eigenvalue weighted by atomic mass is 10.0. The van der Waals surface area contributed by atoms with E-state index in [4.69, 9.17) is 4.74 Å². The molecule has 2 rings (SSSR count). The maximum absolute atomic E-state index is 5.41. The maximum atomic E-state index is 5.41. The van der Waals surface area contributed by atoms with Gasteiger partial charge in [-0.1, -0.05) is 12.1 Å². The zero-order chi connectivity index (χ0) is 11.4. The molecule has 1 aliphatic rings. The topological polar surface area (TPSA) is 25.4 Å². The highest BCUT2D eigenvalue weighted by molar-refractivity contribution is 5.63. The van der Waals surface area contributed by atoms with Gasteiger partial charge in [0.05, 0.1) is 12.3 Å². The van der Waals surface area contributed by atoms with Gasteiger partial charge in [0, 0.05) is 19.2 Å². The second kappa shape index (κ2) is 5.12. The minimum atomic E-state index is 0.665. The third kappa shape index (κ3) is 2.61. The lowest BCUT2D eigenvalue weighted by Gasteiger charge is -2.21. The summed E-state index contributed by atoms with van der Waals surface area (Å²) in [5.74, 6) is 0.722. The molecule has 86 valence electrons. The van der Waals surface area contributed by atoms with Gasteiger partial charge in [-0.05, 0) is 32.0 Å². The zero-order valence-corrected chi connectivity index (χ0v) is 9.94. The molecule has 1 aromatic rings. The molecule has 0 saturated heterocycles. The zero-order valence-electron chi connectivity index (χ0n) is 9.94. The molecule has 0 aliphatic carbocycles. The number of hydrogen-bond acceptors (Lipinski definition) is 3. The standard InChI is InChI=1S/C13H18N2O/c1-3-16-13-6-4-5-12(14-13)11-7-9-15(2)10-8-11/h4-7H,3,8-10H2,1-2H3. The van der Waals surface area contributed by atoms with E-state index in [1.54, 1.807) is 0 Å². The number of pyridine rings is 1. The first kappa shape index (κ1) is 11.1. The summed E-state index contributed by atoms with van der Waals surface area (Å²) in [7, 11) is 2.14. The maximum Gasteiger partial charge on any atom is 0.213 e. The highest BCUT2D eigenvalue weighted by Crippen LogP contribution is 2.21. The van der Waals surface area contributed by atoms with Crippen LogP contribution < -0.4 is 4.74 Å². The fourth-order valence-corrected chi connectivity index (χ4v) is 1.83. The highest BCUT2D eigenvalue weighted by atomic mass is 16.5. The molecule has 0 radical (unpaired) electrons. The Balaban J connectivity index is 2.17. The van der Waals surface area contributed by atoms with E-state index >= 15 is 0 Å². The van der Waals surface area contributed by atoms with E-state index in [9.17, 15) is 0 Å². The molecule has 2 heterocycles. The molecule has 0 bridgehead atoms. The Morgan fingerprint density at radius 3 is 3.00 bits per heavy atom. The summed E-state index contributed by atoms with van der Waals surface area (Å²) in [4.78, 5) is 6.80. The van der Waals surface area contributed by atoms with E-state index in [1.807, 2.05) is 19.1 Å². The number of aromatic nitrogens is 1. The van der Waals surface area contributed by atoms with E-state index in [1.165, 1.54) is 5.57 Å². The van der Waals surface area contributed by atoms with Crippen LogP contribution in [-0.4, -0.2) is 36.6 Å². The average molecular weight is 218 g/mol. The van der Waals surface area contributed by atoms with Gasteiger partial charge in [0.2, 0.25) is 5.88 Å².